The Kier molecular flexibility index (Phi) is 3.10. The summed E-state index contributed by atoms with van der Waals surface area (Å²) < 4.78 is 6.90. The van der Waals surface area contributed by atoms with E-state index in [1.165, 1.54) is 4.57 Å². The van der Waals surface area contributed by atoms with E-state index in [-0.39, 0.29) is 23.6 Å². The fourth-order valence-electron chi connectivity index (χ4n) is 2.26. The molecule has 0 bridgehead atoms. The number of hydrogen-bond acceptors (Lipinski definition) is 4. The molecule has 6 heteroatoms. The van der Waals surface area contributed by atoms with Crippen LogP contribution in [0.5, 0.6) is 6.01 Å². The van der Waals surface area contributed by atoms with Gasteiger partial charge in [-0.2, -0.15) is 9.55 Å². The first kappa shape index (κ1) is 13.2. The number of aromatic nitrogens is 2. The second kappa shape index (κ2) is 4.94. The maximum absolute atomic E-state index is 11.2. The molecule has 0 fully saturated rings. The Morgan fingerprint density at radius 3 is 2.90 bits per heavy atom. The molecule has 0 aliphatic carbocycles. The molecule has 1 atom stereocenters. The quantitative estimate of drug-likeness (QED) is 0.457. The van der Waals surface area contributed by atoms with Gasteiger partial charge in [0.2, 0.25) is 5.69 Å². The number of rotatable bonds is 1. The summed E-state index contributed by atoms with van der Waals surface area (Å²) in [5.74, 6) is 5.63. The van der Waals surface area contributed by atoms with Crippen LogP contribution in [0.2, 0.25) is 0 Å². The summed E-state index contributed by atoms with van der Waals surface area (Å²) in [5.41, 5.74) is 1.99. The highest BCUT2D eigenvalue weighted by Gasteiger charge is 2.35. The number of nitro groups is 1. The Balaban J connectivity index is 2.04. The third-order valence-electron chi connectivity index (χ3n) is 3.29. The number of imidazole rings is 1. The van der Waals surface area contributed by atoms with Gasteiger partial charge in [0, 0.05) is 5.56 Å². The van der Waals surface area contributed by atoms with Crippen molar-refractivity contribution in [3.05, 3.63) is 51.2 Å². The van der Waals surface area contributed by atoms with Crippen LogP contribution < -0.4 is 4.74 Å². The molecule has 0 saturated heterocycles. The van der Waals surface area contributed by atoms with Gasteiger partial charge in [0.1, 0.15) is 12.6 Å². The van der Waals surface area contributed by atoms with E-state index in [2.05, 4.69) is 16.8 Å². The Morgan fingerprint density at radius 2 is 2.19 bits per heavy atom. The molecule has 1 aromatic carbocycles. The van der Waals surface area contributed by atoms with Gasteiger partial charge in [-0.15, -0.1) is 0 Å². The summed E-state index contributed by atoms with van der Waals surface area (Å²) >= 11 is 0. The van der Waals surface area contributed by atoms with E-state index in [4.69, 9.17) is 4.74 Å². The summed E-state index contributed by atoms with van der Waals surface area (Å²) in [5, 5.41) is 11.2. The molecule has 1 aliphatic rings. The zero-order chi connectivity index (χ0) is 15.0. The number of aryl methyl sites for hydroxylation is 1. The van der Waals surface area contributed by atoms with Crippen molar-refractivity contribution < 1.29 is 9.66 Å². The van der Waals surface area contributed by atoms with Gasteiger partial charge in [0.25, 0.3) is 0 Å². The van der Waals surface area contributed by atoms with Gasteiger partial charge in [-0.05, 0) is 36.3 Å². The number of benzene rings is 1. The molecular formula is C15H13N3O3. The molecule has 0 spiro atoms. The topological polar surface area (TPSA) is 70.2 Å². The molecule has 106 valence electrons. The van der Waals surface area contributed by atoms with Crippen molar-refractivity contribution in [2.24, 2.45) is 0 Å². The lowest BCUT2D eigenvalue weighted by atomic mass is 10.1. The molecule has 1 aromatic heterocycles. The van der Waals surface area contributed by atoms with Crippen molar-refractivity contribution in [1.82, 2.24) is 9.55 Å². The minimum absolute atomic E-state index is 0.101. The van der Waals surface area contributed by atoms with Crippen molar-refractivity contribution >= 4 is 5.82 Å². The lowest BCUT2D eigenvalue weighted by Crippen LogP contribution is -2.10. The van der Waals surface area contributed by atoms with Crippen LogP contribution in [0.1, 0.15) is 23.7 Å². The Morgan fingerprint density at radius 1 is 1.43 bits per heavy atom. The van der Waals surface area contributed by atoms with E-state index < -0.39 is 4.92 Å². The van der Waals surface area contributed by atoms with Gasteiger partial charge in [-0.1, -0.05) is 24.1 Å². The first-order valence-electron chi connectivity index (χ1n) is 6.55. The lowest BCUT2D eigenvalue weighted by Gasteiger charge is -1.98. The molecule has 3 rings (SSSR count). The van der Waals surface area contributed by atoms with Crippen molar-refractivity contribution in [2.45, 2.75) is 26.5 Å². The summed E-state index contributed by atoms with van der Waals surface area (Å²) in [6.07, 6.45) is -0.107. The molecule has 1 aliphatic heterocycles. The highest BCUT2D eigenvalue weighted by atomic mass is 16.6. The smallest absolute Gasteiger partial charge is 0.392 e. The van der Waals surface area contributed by atoms with E-state index in [0.29, 0.717) is 6.54 Å². The molecule has 21 heavy (non-hydrogen) atoms. The van der Waals surface area contributed by atoms with E-state index in [1.807, 2.05) is 38.1 Å². The largest absolute Gasteiger partial charge is 0.440 e. The van der Waals surface area contributed by atoms with Gasteiger partial charge in [-0.25, -0.2) is 0 Å². The monoisotopic (exact) mass is 283 g/mol. The van der Waals surface area contributed by atoms with E-state index in [1.54, 1.807) is 0 Å². The van der Waals surface area contributed by atoms with Gasteiger partial charge in [0.05, 0.1) is 0 Å². The standard InChI is InChI=1S/C15H13N3O3/c1-10-5-3-4-6-12(10)7-8-13-14(18(19)20)17-9-11(2)21-15(17)16-13/h3-6,11H,9H2,1-2H3. The van der Waals surface area contributed by atoms with Gasteiger partial charge < -0.3 is 14.9 Å². The van der Waals surface area contributed by atoms with Gasteiger partial charge >= 0.3 is 11.8 Å². The minimum atomic E-state index is -0.459. The Hall–Kier alpha value is -2.81. The first-order valence-corrected chi connectivity index (χ1v) is 6.55. The fraction of sp³-hybridized carbons (Fsp3) is 0.267. The fourth-order valence-corrected chi connectivity index (χ4v) is 2.26. The number of fused-ring (bicyclic) bond motifs is 1. The summed E-state index contributed by atoms with van der Waals surface area (Å²) in [4.78, 5) is 14.9. The average Bonchev–Trinajstić information content (AvgIpc) is 2.92. The molecular weight excluding hydrogens is 270 g/mol. The maximum atomic E-state index is 11.2. The second-order valence-corrected chi connectivity index (χ2v) is 4.93. The number of hydrogen-bond donors (Lipinski definition) is 0. The molecule has 2 aromatic rings. The predicted molar refractivity (Wildman–Crippen MR) is 76.1 cm³/mol. The molecule has 0 amide bonds. The third kappa shape index (κ3) is 2.34. The summed E-state index contributed by atoms with van der Waals surface area (Å²) in [6, 6.07) is 7.88. The van der Waals surface area contributed by atoms with E-state index >= 15 is 0 Å². The van der Waals surface area contributed by atoms with Crippen LogP contribution in [0.15, 0.2) is 24.3 Å². The zero-order valence-corrected chi connectivity index (χ0v) is 11.7. The first-order chi connectivity index (χ1) is 10.1. The van der Waals surface area contributed by atoms with Crippen LogP contribution in [0.4, 0.5) is 5.82 Å². The number of nitrogens with zero attached hydrogens (tertiary/aromatic N) is 3. The highest BCUT2D eigenvalue weighted by Crippen LogP contribution is 2.30. The normalized spacial score (nSPS) is 15.8. The van der Waals surface area contributed by atoms with Crippen molar-refractivity contribution in [3.63, 3.8) is 0 Å². The second-order valence-electron chi connectivity index (χ2n) is 4.93. The molecule has 0 radical (unpaired) electrons. The Labute approximate surface area is 121 Å². The summed E-state index contributed by atoms with van der Waals surface area (Å²) in [6.45, 7) is 4.21. The Bertz CT molecular complexity index is 783. The number of ether oxygens (including phenoxy) is 1. The van der Waals surface area contributed by atoms with Crippen LogP contribution >= 0.6 is 0 Å². The molecule has 0 N–H and O–H groups in total. The lowest BCUT2D eigenvalue weighted by molar-refractivity contribution is -0.392. The molecule has 6 nitrogen and oxygen atoms in total. The zero-order valence-electron chi connectivity index (χ0n) is 11.7. The minimum Gasteiger partial charge on any atom is -0.440 e. The van der Waals surface area contributed by atoms with Crippen molar-refractivity contribution in [2.75, 3.05) is 0 Å². The maximum Gasteiger partial charge on any atom is 0.392 e. The molecule has 1 unspecified atom stereocenters. The van der Waals surface area contributed by atoms with Crippen LogP contribution in [-0.2, 0) is 6.54 Å². The molecule has 0 saturated carbocycles. The predicted octanol–water partition coefficient (Wildman–Crippen LogP) is 2.28. The molecule has 2 heterocycles. The third-order valence-corrected chi connectivity index (χ3v) is 3.29. The van der Waals surface area contributed by atoms with Crippen molar-refractivity contribution in [1.29, 1.82) is 0 Å². The van der Waals surface area contributed by atoms with Crippen molar-refractivity contribution in [3.8, 4) is 17.9 Å². The van der Waals surface area contributed by atoms with Crippen LogP contribution in [-0.4, -0.2) is 20.6 Å². The average molecular weight is 283 g/mol. The van der Waals surface area contributed by atoms with Gasteiger partial charge in [0.15, 0.2) is 0 Å². The van der Waals surface area contributed by atoms with Crippen LogP contribution in [0, 0.1) is 28.9 Å². The van der Waals surface area contributed by atoms with E-state index in [0.717, 1.165) is 11.1 Å². The summed E-state index contributed by atoms with van der Waals surface area (Å²) in [7, 11) is 0. The van der Waals surface area contributed by atoms with Crippen LogP contribution in [0.25, 0.3) is 0 Å². The highest BCUT2D eigenvalue weighted by molar-refractivity contribution is 5.50. The van der Waals surface area contributed by atoms with Gasteiger partial charge in [-0.3, -0.25) is 0 Å². The van der Waals surface area contributed by atoms with Crippen LogP contribution in [0.3, 0.4) is 0 Å². The SMILES string of the molecule is Cc1ccccc1C#Cc1nc2n(c1[N+](=O)[O-])CC(C)O2. The van der Waals surface area contributed by atoms with E-state index in [9.17, 15) is 10.1 Å².